The van der Waals surface area contributed by atoms with E-state index < -0.39 is 28.9 Å². The predicted molar refractivity (Wildman–Crippen MR) is 62.5 cm³/mol. The summed E-state index contributed by atoms with van der Waals surface area (Å²) < 4.78 is 27.2. The third-order valence-corrected chi connectivity index (χ3v) is 2.94. The van der Waals surface area contributed by atoms with E-state index in [0.29, 0.717) is 12.3 Å². The Bertz CT molecular complexity index is 526. The number of rotatable bonds is 3. The van der Waals surface area contributed by atoms with Crippen molar-refractivity contribution in [2.24, 2.45) is 5.92 Å². The second-order valence-electron chi connectivity index (χ2n) is 4.72. The van der Waals surface area contributed by atoms with Crippen molar-refractivity contribution in [3.63, 3.8) is 0 Å². The molecule has 1 aromatic rings. The first-order valence-electron chi connectivity index (χ1n) is 5.77. The summed E-state index contributed by atoms with van der Waals surface area (Å²) in [6.45, 7) is 4.12. The molecule has 96 valence electrons. The van der Waals surface area contributed by atoms with Gasteiger partial charge in [0.2, 0.25) is 0 Å². The standard InChI is InChI=1S/C13H13F2NO2/c1-7(2)5-6-16-11-9(15)4-3-8(14)10(11)12(17)13(16)18/h3-4,7H,5-6H2,1-2H3. The molecule has 0 spiro atoms. The van der Waals surface area contributed by atoms with Gasteiger partial charge in [-0.25, -0.2) is 8.78 Å². The number of ketones is 1. The zero-order valence-corrected chi connectivity index (χ0v) is 10.2. The summed E-state index contributed by atoms with van der Waals surface area (Å²) >= 11 is 0. The highest BCUT2D eigenvalue weighted by Gasteiger charge is 2.40. The minimum absolute atomic E-state index is 0.217. The quantitative estimate of drug-likeness (QED) is 0.776. The fraction of sp³-hybridized carbons (Fsp3) is 0.385. The lowest BCUT2D eigenvalue weighted by Gasteiger charge is -2.18. The summed E-state index contributed by atoms with van der Waals surface area (Å²) in [5.41, 5.74) is -0.658. The van der Waals surface area contributed by atoms with Crippen LogP contribution in [0.15, 0.2) is 12.1 Å². The van der Waals surface area contributed by atoms with Crippen LogP contribution in [-0.2, 0) is 4.79 Å². The molecule has 0 unspecified atom stereocenters. The molecule has 3 nitrogen and oxygen atoms in total. The molecule has 0 aliphatic carbocycles. The van der Waals surface area contributed by atoms with E-state index in [2.05, 4.69) is 0 Å². The van der Waals surface area contributed by atoms with Gasteiger partial charge in [-0.1, -0.05) is 13.8 Å². The minimum atomic E-state index is -0.967. The molecule has 0 radical (unpaired) electrons. The van der Waals surface area contributed by atoms with E-state index in [1.54, 1.807) is 0 Å². The third-order valence-electron chi connectivity index (χ3n) is 2.94. The van der Waals surface area contributed by atoms with Gasteiger partial charge >= 0.3 is 0 Å². The van der Waals surface area contributed by atoms with E-state index in [-0.39, 0.29) is 12.2 Å². The normalized spacial score (nSPS) is 14.6. The topological polar surface area (TPSA) is 37.4 Å². The molecule has 0 bridgehead atoms. The number of Topliss-reactive ketones (excluding diaryl/α,β-unsaturated/α-hetero) is 1. The van der Waals surface area contributed by atoms with Crippen LogP contribution in [0.4, 0.5) is 14.5 Å². The van der Waals surface area contributed by atoms with E-state index in [1.165, 1.54) is 0 Å². The fourth-order valence-electron chi connectivity index (χ4n) is 1.95. The van der Waals surface area contributed by atoms with Crippen molar-refractivity contribution in [2.75, 3.05) is 11.4 Å². The largest absolute Gasteiger partial charge is 0.302 e. The second-order valence-corrected chi connectivity index (χ2v) is 4.72. The first kappa shape index (κ1) is 12.7. The molecule has 0 aromatic heterocycles. The molecular weight excluding hydrogens is 240 g/mol. The Labute approximate surface area is 103 Å². The number of hydrogen-bond acceptors (Lipinski definition) is 2. The summed E-state index contributed by atoms with van der Waals surface area (Å²) in [6, 6.07) is 1.80. The van der Waals surface area contributed by atoms with Crippen LogP contribution < -0.4 is 4.90 Å². The molecule has 1 amide bonds. The highest BCUT2D eigenvalue weighted by atomic mass is 19.1. The Morgan fingerprint density at radius 3 is 2.39 bits per heavy atom. The van der Waals surface area contributed by atoms with Gasteiger partial charge in [-0.15, -0.1) is 0 Å². The van der Waals surface area contributed by atoms with Crippen LogP contribution in [0.3, 0.4) is 0 Å². The van der Waals surface area contributed by atoms with Crippen molar-refractivity contribution < 1.29 is 18.4 Å². The molecule has 1 aliphatic heterocycles. The molecule has 18 heavy (non-hydrogen) atoms. The Kier molecular flexibility index (Phi) is 3.15. The van der Waals surface area contributed by atoms with Crippen molar-refractivity contribution >= 4 is 17.4 Å². The smallest absolute Gasteiger partial charge is 0.299 e. The molecule has 0 saturated carbocycles. The monoisotopic (exact) mass is 253 g/mol. The number of halogens is 2. The highest BCUT2D eigenvalue weighted by molar-refractivity contribution is 6.52. The number of carbonyl (C=O) groups is 2. The molecule has 1 aromatic carbocycles. The number of hydrogen-bond donors (Lipinski definition) is 0. The Morgan fingerprint density at radius 1 is 1.17 bits per heavy atom. The van der Waals surface area contributed by atoms with Crippen LogP contribution in [0.5, 0.6) is 0 Å². The maximum atomic E-state index is 13.7. The van der Waals surface area contributed by atoms with E-state index in [9.17, 15) is 18.4 Å². The summed E-state index contributed by atoms with van der Waals surface area (Å²) in [5.74, 6) is -3.11. The van der Waals surface area contributed by atoms with E-state index in [4.69, 9.17) is 0 Å². The number of nitrogens with zero attached hydrogens (tertiary/aromatic N) is 1. The number of carbonyl (C=O) groups excluding carboxylic acids is 2. The zero-order valence-electron chi connectivity index (χ0n) is 10.2. The van der Waals surface area contributed by atoms with Gasteiger partial charge in [-0.05, 0) is 24.5 Å². The Morgan fingerprint density at radius 2 is 1.78 bits per heavy atom. The lowest BCUT2D eigenvalue weighted by atomic mass is 10.1. The average molecular weight is 253 g/mol. The number of amides is 1. The highest BCUT2D eigenvalue weighted by Crippen LogP contribution is 2.33. The molecule has 0 atom stereocenters. The summed E-state index contributed by atoms with van der Waals surface area (Å²) in [6.07, 6.45) is 0.619. The van der Waals surface area contributed by atoms with Crippen molar-refractivity contribution in [3.05, 3.63) is 29.3 Å². The van der Waals surface area contributed by atoms with E-state index in [1.807, 2.05) is 13.8 Å². The van der Waals surface area contributed by atoms with Gasteiger partial charge in [0.1, 0.15) is 11.6 Å². The van der Waals surface area contributed by atoms with Gasteiger partial charge < -0.3 is 4.90 Å². The molecule has 2 rings (SSSR count). The average Bonchev–Trinajstić information content (AvgIpc) is 2.56. The number of benzene rings is 1. The molecular formula is C13H13F2NO2. The fourth-order valence-corrected chi connectivity index (χ4v) is 1.95. The molecule has 0 fully saturated rings. The van der Waals surface area contributed by atoms with Gasteiger partial charge in [0.15, 0.2) is 0 Å². The van der Waals surface area contributed by atoms with Crippen LogP contribution in [0.25, 0.3) is 0 Å². The molecule has 0 N–H and O–H groups in total. The van der Waals surface area contributed by atoms with Gasteiger partial charge in [0.05, 0.1) is 11.3 Å². The zero-order chi connectivity index (χ0) is 13.4. The van der Waals surface area contributed by atoms with Crippen LogP contribution in [-0.4, -0.2) is 18.2 Å². The number of fused-ring (bicyclic) bond motifs is 1. The first-order valence-corrected chi connectivity index (χ1v) is 5.77. The summed E-state index contributed by atoms with van der Waals surface area (Å²) in [4.78, 5) is 24.4. The van der Waals surface area contributed by atoms with Crippen LogP contribution in [0.1, 0.15) is 30.6 Å². The van der Waals surface area contributed by atoms with Crippen LogP contribution >= 0.6 is 0 Å². The molecule has 1 heterocycles. The summed E-state index contributed by atoms with van der Waals surface area (Å²) in [5, 5.41) is 0. The van der Waals surface area contributed by atoms with Crippen molar-refractivity contribution in [1.82, 2.24) is 0 Å². The molecule has 0 saturated heterocycles. The van der Waals surface area contributed by atoms with Crippen LogP contribution in [0.2, 0.25) is 0 Å². The SMILES string of the molecule is CC(C)CCN1C(=O)C(=O)c2c(F)ccc(F)c21. The van der Waals surface area contributed by atoms with Crippen LogP contribution in [0, 0.1) is 17.6 Å². The van der Waals surface area contributed by atoms with Crippen molar-refractivity contribution in [2.45, 2.75) is 20.3 Å². The first-order chi connectivity index (χ1) is 8.43. The van der Waals surface area contributed by atoms with E-state index in [0.717, 1.165) is 17.0 Å². The maximum Gasteiger partial charge on any atom is 0.299 e. The second kappa shape index (κ2) is 4.48. The number of anilines is 1. The predicted octanol–water partition coefficient (Wildman–Crippen LogP) is 2.54. The molecule has 1 aliphatic rings. The molecule has 5 heteroatoms. The van der Waals surface area contributed by atoms with Crippen molar-refractivity contribution in [1.29, 1.82) is 0 Å². The third kappa shape index (κ3) is 1.89. The van der Waals surface area contributed by atoms with Crippen molar-refractivity contribution in [3.8, 4) is 0 Å². The van der Waals surface area contributed by atoms with E-state index >= 15 is 0 Å². The Balaban J connectivity index is 2.45. The lowest BCUT2D eigenvalue weighted by Crippen LogP contribution is -2.31. The minimum Gasteiger partial charge on any atom is -0.302 e. The van der Waals surface area contributed by atoms with Gasteiger partial charge in [-0.3, -0.25) is 9.59 Å². The summed E-state index contributed by atoms with van der Waals surface area (Å²) in [7, 11) is 0. The van der Waals surface area contributed by atoms with Gasteiger partial charge in [-0.2, -0.15) is 0 Å². The van der Waals surface area contributed by atoms with Gasteiger partial charge in [0, 0.05) is 6.54 Å². The Hall–Kier alpha value is -1.78. The maximum absolute atomic E-state index is 13.7. The van der Waals surface area contributed by atoms with Gasteiger partial charge in [0.25, 0.3) is 11.7 Å². The lowest BCUT2D eigenvalue weighted by molar-refractivity contribution is -0.114.